The van der Waals surface area contributed by atoms with Crippen molar-refractivity contribution in [3.8, 4) is 5.75 Å². The maximum Gasteiger partial charge on any atom is 0.417 e. The summed E-state index contributed by atoms with van der Waals surface area (Å²) in [5, 5.41) is 9.32. The van der Waals surface area contributed by atoms with Crippen molar-refractivity contribution in [2.75, 3.05) is 19.7 Å². The quantitative estimate of drug-likeness (QED) is 0.233. The van der Waals surface area contributed by atoms with Gasteiger partial charge >= 0.3 is 12.1 Å². The maximum atomic E-state index is 13.4. The third kappa shape index (κ3) is 8.66. The van der Waals surface area contributed by atoms with Crippen LogP contribution in [-0.2, 0) is 23.9 Å². The number of alkyl halides is 3. The summed E-state index contributed by atoms with van der Waals surface area (Å²) < 4.78 is 46.0. The summed E-state index contributed by atoms with van der Waals surface area (Å²) in [5.74, 6) is -0.337. The fraction of sp³-hybridized carbons (Fsp3) is 0.321. The number of ether oxygens (including phenoxy) is 1. The van der Waals surface area contributed by atoms with Crippen molar-refractivity contribution in [2.24, 2.45) is 0 Å². The van der Waals surface area contributed by atoms with Gasteiger partial charge in [0.2, 0.25) is 0 Å². The lowest BCUT2D eigenvalue weighted by molar-refractivity contribution is -0.138. The largest absolute Gasteiger partial charge is 0.494 e. The summed E-state index contributed by atoms with van der Waals surface area (Å²) in [4.78, 5) is 13.0. The van der Waals surface area contributed by atoms with Crippen LogP contribution in [0.1, 0.15) is 41.5 Å². The third-order valence-electron chi connectivity index (χ3n) is 5.89. The summed E-state index contributed by atoms with van der Waals surface area (Å²) in [6, 6.07) is 18.4. The first kappa shape index (κ1) is 28.8. The summed E-state index contributed by atoms with van der Waals surface area (Å²) in [5.41, 5.74) is 1.13. The summed E-state index contributed by atoms with van der Waals surface area (Å²) in [6.45, 7) is 3.68. The van der Waals surface area contributed by atoms with Crippen molar-refractivity contribution in [3.63, 3.8) is 0 Å². The van der Waals surface area contributed by atoms with Gasteiger partial charge in [-0.2, -0.15) is 13.2 Å². The van der Waals surface area contributed by atoms with Gasteiger partial charge in [0, 0.05) is 24.7 Å². The normalized spacial score (nSPS) is 12.5. The monoisotopic (exact) mass is 553 g/mol. The van der Waals surface area contributed by atoms with Crippen molar-refractivity contribution in [1.82, 2.24) is 4.90 Å². The van der Waals surface area contributed by atoms with Gasteiger partial charge in [0.1, 0.15) is 5.75 Å². The van der Waals surface area contributed by atoms with E-state index < -0.39 is 17.7 Å². The number of carboxylic acids is 1. The Bertz CT molecular complexity index is 1200. The van der Waals surface area contributed by atoms with Crippen molar-refractivity contribution >= 4 is 29.2 Å². The van der Waals surface area contributed by atoms with Crippen molar-refractivity contribution in [1.29, 1.82) is 0 Å². The van der Waals surface area contributed by atoms with Gasteiger partial charge in [-0.25, -0.2) is 0 Å². The molecule has 0 bridgehead atoms. The number of hydrogen-bond donors (Lipinski definition) is 1. The van der Waals surface area contributed by atoms with E-state index in [0.29, 0.717) is 48.0 Å². The van der Waals surface area contributed by atoms with E-state index in [1.54, 1.807) is 30.3 Å². The Morgan fingerprint density at radius 2 is 1.78 bits per heavy atom. The van der Waals surface area contributed by atoms with Crippen LogP contribution in [-0.4, -0.2) is 35.7 Å². The molecule has 0 aromatic heterocycles. The topological polar surface area (TPSA) is 49.8 Å². The highest BCUT2D eigenvalue weighted by atomic mass is 35.5. The zero-order chi connectivity index (χ0) is 27.0. The van der Waals surface area contributed by atoms with Crippen LogP contribution in [0.4, 0.5) is 13.2 Å². The average molecular weight is 554 g/mol. The van der Waals surface area contributed by atoms with Gasteiger partial charge in [-0.3, -0.25) is 9.69 Å². The highest BCUT2D eigenvalue weighted by Crippen LogP contribution is 2.37. The molecule has 0 heterocycles. The number of carbonyl (C=O) groups is 1. The number of halogens is 5. The molecule has 1 atom stereocenters. The molecule has 0 aliphatic rings. The molecular formula is C28H28Cl2F3NO3. The minimum Gasteiger partial charge on any atom is -0.494 e. The van der Waals surface area contributed by atoms with E-state index in [2.05, 4.69) is 0 Å². The smallest absolute Gasteiger partial charge is 0.417 e. The molecule has 0 spiro atoms. The Balaban J connectivity index is 1.71. The van der Waals surface area contributed by atoms with Crippen LogP contribution in [0.2, 0.25) is 10.0 Å². The summed E-state index contributed by atoms with van der Waals surface area (Å²) >= 11 is 12.6. The van der Waals surface area contributed by atoms with Gasteiger partial charge in [0.25, 0.3) is 0 Å². The molecule has 37 heavy (non-hydrogen) atoms. The molecule has 0 amide bonds. The molecule has 0 saturated carbocycles. The maximum absolute atomic E-state index is 13.4. The second kappa shape index (κ2) is 13.2. The Morgan fingerprint density at radius 1 is 1.05 bits per heavy atom. The fourth-order valence-electron chi connectivity index (χ4n) is 4.16. The molecule has 9 heteroatoms. The SMILES string of the molecule is CC(CN(CCCOc1cccc(CC(=O)O)c1)Cc1cccc(C(F)(F)F)c1Cl)c1ccccc1Cl. The first-order valence-corrected chi connectivity index (χ1v) is 12.5. The lowest BCUT2D eigenvalue weighted by Gasteiger charge is -2.27. The predicted molar refractivity (Wildman–Crippen MR) is 139 cm³/mol. The van der Waals surface area contributed by atoms with Crippen molar-refractivity contribution in [2.45, 2.75) is 38.4 Å². The van der Waals surface area contributed by atoms with Crippen LogP contribution < -0.4 is 4.74 Å². The number of nitrogens with zero attached hydrogens (tertiary/aromatic N) is 1. The van der Waals surface area contributed by atoms with E-state index in [-0.39, 0.29) is 23.9 Å². The number of hydrogen-bond acceptors (Lipinski definition) is 3. The van der Waals surface area contributed by atoms with Crippen molar-refractivity contribution < 1.29 is 27.8 Å². The third-order valence-corrected chi connectivity index (χ3v) is 6.68. The van der Waals surface area contributed by atoms with E-state index in [1.807, 2.05) is 36.1 Å². The lowest BCUT2D eigenvalue weighted by atomic mass is 10.00. The average Bonchev–Trinajstić information content (AvgIpc) is 2.82. The molecule has 0 radical (unpaired) electrons. The van der Waals surface area contributed by atoms with E-state index in [9.17, 15) is 18.0 Å². The van der Waals surface area contributed by atoms with Crippen LogP contribution in [0.25, 0.3) is 0 Å². The zero-order valence-electron chi connectivity index (χ0n) is 20.3. The lowest BCUT2D eigenvalue weighted by Crippen LogP contribution is -2.30. The van der Waals surface area contributed by atoms with Crippen LogP contribution in [0.15, 0.2) is 66.7 Å². The molecule has 0 aliphatic heterocycles. The molecule has 3 rings (SSSR count). The highest BCUT2D eigenvalue weighted by molar-refractivity contribution is 6.32. The van der Waals surface area contributed by atoms with E-state index in [4.69, 9.17) is 33.0 Å². The van der Waals surface area contributed by atoms with E-state index in [0.717, 1.165) is 11.6 Å². The van der Waals surface area contributed by atoms with Gasteiger partial charge in [0.15, 0.2) is 0 Å². The van der Waals surface area contributed by atoms with Gasteiger partial charge in [-0.15, -0.1) is 0 Å². The zero-order valence-corrected chi connectivity index (χ0v) is 21.8. The minimum atomic E-state index is -4.54. The highest BCUT2D eigenvalue weighted by Gasteiger charge is 2.34. The Kier molecular flexibility index (Phi) is 10.3. The van der Waals surface area contributed by atoms with Crippen LogP contribution in [0.3, 0.4) is 0 Å². The molecule has 0 fully saturated rings. The summed E-state index contributed by atoms with van der Waals surface area (Å²) in [7, 11) is 0. The van der Waals surface area contributed by atoms with Gasteiger partial charge in [-0.05, 0) is 53.3 Å². The molecule has 4 nitrogen and oxygen atoms in total. The van der Waals surface area contributed by atoms with Crippen LogP contribution in [0.5, 0.6) is 5.75 Å². The molecule has 3 aromatic rings. The van der Waals surface area contributed by atoms with Crippen molar-refractivity contribution in [3.05, 3.63) is 99.0 Å². The number of benzene rings is 3. The molecule has 3 aromatic carbocycles. The van der Waals surface area contributed by atoms with Crippen LogP contribution in [0, 0.1) is 0 Å². The Labute approximate surface area is 224 Å². The van der Waals surface area contributed by atoms with Gasteiger partial charge in [0.05, 0.1) is 23.6 Å². The minimum absolute atomic E-state index is 0.0203. The van der Waals surface area contributed by atoms with E-state index in [1.165, 1.54) is 6.07 Å². The second-order valence-electron chi connectivity index (χ2n) is 8.85. The molecule has 1 unspecified atom stereocenters. The Hall–Kier alpha value is -2.74. The molecule has 0 aliphatic carbocycles. The Morgan fingerprint density at radius 3 is 2.49 bits per heavy atom. The first-order valence-electron chi connectivity index (χ1n) is 11.8. The second-order valence-corrected chi connectivity index (χ2v) is 9.64. The predicted octanol–water partition coefficient (Wildman–Crippen LogP) is 7.71. The fourth-order valence-corrected chi connectivity index (χ4v) is 4.77. The summed E-state index contributed by atoms with van der Waals surface area (Å²) in [6.07, 6.45) is -4.04. The van der Waals surface area contributed by atoms with Gasteiger partial charge in [-0.1, -0.05) is 72.6 Å². The van der Waals surface area contributed by atoms with Gasteiger partial charge < -0.3 is 9.84 Å². The number of carboxylic acid groups (broad SMARTS) is 1. The molecular weight excluding hydrogens is 526 g/mol. The van der Waals surface area contributed by atoms with Crippen LogP contribution >= 0.6 is 23.2 Å². The van der Waals surface area contributed by atoms with E-state index >= 15 is 0 Å². The first-order chi connectivity index (χ1) is 17.5. The number of aliphatic carboxylic acids is 1. The molecule has 198 valence electrons. The standard InChI is InChI=1S/C28H28Cl2F3NO3/c1-19(23-10-2-3-12-25(23)29)17-34(18-21-8-5-11-24(27(21)30)28(31,32)33)13-6-14-37-22-9-4-7-20(15-22)16-26(35)36/h2-5,7-12,15,19H,6,13-14,16-18H2,1H3,(H,35,36). The molecule has 0 saturated heterocycles. The molecule has 1 N–H and O–H groups in total. The number of rotatable bonds is 12.